The normalized spacial score (nSPS) is 13.1. The van der Waals surface area contributed by atoms with E-state index in [2.05, 4.69) is 0 Å². The van der Waals surface area contributed by atoms with E-state index in [1.54, 1.807) is 6.07 Å². The van der Waals surface area contributed by atoms with E-state index in [9.17, 15) is 5.11 Å². The zero-order valence-electron chi connectivity index (χ0n) is 9.85. The number of aliphatic hydroxyl groups excluding tert-OH is 1. The summed E-state index contributed by atoms with van der Waals surface area (Å²) in [6.07, 6.45) is 0. The molecule has 1 atom stereocenters. The first-order valence-corrected chi connectivity index (χ1v) is 5.36. The molecule has 90 valence electrons. The molecule has 0 saturated heterocycles. The molecule has 1 unspecified atom stereocenters. The monoisotopic (exact) mass is 224 g/mol. The summed E-state index contributed by atoms with van der Waals surface area (Å²) in [7, 11) is 3.89. The fourth-order valence-corrected chi connectivity index (χ4v) is 1.64. The van der Waals surface area contributed by atoms with Crippen LogP contribution in [0, 0.1) is 0 Å². The fourth-order valence-electron chi connectivity index (χ4n) is 1.64. The number of phenolic OH excluding ortho intramolecular Hbond substituents is 1. The summed E-state index contributed by atoms with van der Waals surface area (Å²) in [5, 5.41) is 18.9. The van der Waals surface area contributed by atoms with Crippen molar-refractivity contribution in [3.8, 4) is 5.75 Å². The zero-order valence-corrected chi connectivity index (χ0v) is 9.85. The second-order valence-electron chi connectivity index (χ2n) is 4.24. The Morgan fingerprint density at radius 3 is 2.56 bits per heavy atom. The largest absolute Gasteiger partial charge is 0.508 e. The van der Waals surface area contributed by atoms with Crippen molar-refractivity contribution >= 4 is 0 Å². The van der Waals surface area contributed by atoms with Crippen molar-refractivity contribution in [3.05, 3.63) is 29.3 Å². The number of rotatable bonds is 5. The molecule has 1 aromatic carbocycles. The van der Waals surface area contributed by atoms with Crippen LogP contribution >= 0.6 is 0 Å². The summed E-state index contributed by atoms with van der Waals surface area (Å²) in [6.45, 7) is 1.10. The molecule has 0 spiro atoms. The highest BCUT2D eigenvalue weighted by atomic mass is 16.3. The SMILES string of the molecule is CN(C)Cc1cc(C(CN)CO)ccc1O. The van der Waals surface area contributed by atoms with Gasteiger partial charge in [0, 0.05) is 24.6 Å². The number of benzene rings is 1. The first kappa shape index (κ1) is 13.0. The molecular formula is C12H20N2O2. The van der Waals surface area contributed by atoms with Gasteiger partial charge in [0.1, 0.15) is 5.75 Å². The van der Waals surface area contributed by atoms with Crippen LogP contribution in [0.15, 0.2) is 18.2 Å². The Labute approximate surface area is 96.3 Å². The van der Waals surface area contributed by atoms with Gasteiger partial charge in [0.15, 0.2) is 0 Å². The van der Waals surface area contributed by atoms with Crippen molar-refractivity contribution in [2.45, 2.75) is 12.5 Å². The van der Waals surface area contributed by atoms with Crippen molar-refractivity contribution in [1.29, 1.82) is 0 Å². The average Bonchev–Trinajstić information content (AvgIpc) is 2.23. The summed E-state index contributed by atoms with van der Waals surface area (Å²) in [4.78, 5) is 1.98. The second kappa shape index (κ2) is 5.84. The topological polar surface area (TPSA) is 69.7 Å². The molecule has 0 aromatic heterocycles. The Morgan fingerprint density at radius 2 is 2.06 bits per heavy atom. The van der Waals surface area contributed by atoms with E-state index in [-0.39, 0.29) is 18.3 Å². The molecule has 0 aliphatic heterocycles. The van der Waals surface area contributed by atoms with Gasteiger partial charge in [-0.1, -0.05) is 12.1 Å². The Bertz CT molecular complexity index is 336. The lowest BCUT2D eigenvalue weighted by Crippen LogP contribution is -2.17. The minimum absolute atomic E-state index is 0.0304. The number of hydrogen-bond acceptors (Lipinski definition) is 4. The van der Waals surface area contributed by atoms with Crippen LogP contribution in [0.1, 0.15) is 17.0 Å². The summed E-state index contributed by atoms with van der Waals surface area (Å²) >= 11 is 0. The van der Waals surface area contributed by atoms with Crippen molar-refractivity contribution < 1.29 is 10.2 Å². The molecule has 1 aromatic rings. The molecule has 4 heteroatoms. The van der Waals surface area contributed by atoms with E-state index in [4.69, 9.17) is 10.8 Å². The van der Waals surface area contributed by atoms with Crippen molar-refractivity contribution in [2.75, 3.05) is 27.2 Å². The molecule has 4 N–H and O–H groups in total. The van der Waals surface area contributed by atoms with Crippen LogP contribution in [0.5, 0.6) is 5.75 Å². The predicted molar refractivity (Wildman–Crippen MR) is 64.4 cm³/mol. The Kier molecular flexibility index (Phi) is 4.73. The van der Waals surface area contributed by atoms with Crippen molar-refractivity contribution in [2.24, 2.45) is 5.73 Å². The van der Waals surface area contributed by atoms with Gasteiger partial charge in [-0.25, -0.2) is 0 Å². The van der Waals surface area contributed by atoms with Gasteiger partial charge in [0.25, 0.3) is 0 Å². The Hall–Kier alpha value is -1.10. The molecule has 0 aliphatic rings. The number of phenols is 1. The van der Waals surface area contributed by atoms with Crippen LogP contribution in [-0.4, -0.2) is 42.4 Å². The smallest absolute Gasteiger partial charge is 0.120 e. The third-order valence-corrected chi connectivity index (χ3v) is 2.57. The van der Waals surface area contributed by atoms with E-state index in [0.717, 1.165) is 11.1 Å². The number of aliphatic hydroxyl groups is 1. The van der Waals surface area contributed by atoms with Gasteiger partial charge < -0.3 is 20.8 Å². The number of aromatic hydroxyl groups is 1. The highest BCUT2D eigenvalue weighted by Crippen LogP contribution is 2.23. The highest BCUT2D eigenvalue weighted by molar-refractivity contribution is 5.37. The Balaban J connectivity index is 2.96. The van der Waals surface area contributed by atoms with E-state index in [0.29, 0.717) is 13.1 Å². The molecule has 0 radical (unpaired) electrons. The standard InChI is InChI=1S/C12H20N2O2/c1-14(2)7-10-5-9(3-4-12(10)16)11(6-13)8-15/h3-5,11,15-16H,6-8,13H2,1-2H3. The molecule has 1 rings (SSSR count). The van der Waals surface area contributed by atoms with Gasteiger partial charge in [-0.05, 0) is 25.7 Å². The van der Waals surface area contributed by atoms with Gasteiger partial charge in [-0.2, -0.15) is 0 Å². The minimum Gasteiger partial charge on any atom is -0.508 e. The van der Waals surface area contributed by atoms with Crippen molar-refractivity contribution in [3.63, 3.8) is 0 Å². The fraction of sp³-hybridized carbons (Fsp3) is 0.500. The lowest BCUT2D eigenvalue weighted by Gasteiger charge is -2.16. The van der Waals surface area contributed by atoms with Crippen LogP contribution < -0.4 is 5.73 Å². The Morgan fingerprint density at radius 1 is 1.38 bits per heavy atom. The van der Waals surface area contributed by atoms with Gasteiger partial charge >= 0.3 is 0 Å². The predicted octanol–water partition coefficient (Wildman–Crippen LogP) is 0.488. The maximum absolute atomic E-state index is 9.69. The second-order valence-corrected chi connectivity index (χ2v) is 4.24. The maximum Gasteiger partial charge on any atom is 0.120 e. The van der Waals surface area contributed by atoms with Crippen LogP contribution in [0.4, 0.5) is 0 Å². The van der Waals surface area contributed by atoms with Crippen LogP contribution in [0.25, 0.3) is 0 Å². The van der Waals surface area contributed by atoms with Gasteiger partial charge in [-0.15, -0.1) is 0 Å². The van der Waals surface area contributed by atoms with Gasteiger partial charge in [0.2, 0.25) is 0 Å². The molecule has 0 aliphatic carbocycles. The summed E-state index contributed by atoms with van der Waals surface area (Å²) < 4.78 is 0. The lowest BCUT2D eigenvalue weighted by molar-refractivity contribution is 0.267. The van der Waals surface area contributed by atoms with Crippen LogP contribution in [0.3, 0.4) is 0 Å². The maximum atomic E-state index is 9.69. The zero-order chi connectivity index (χ0) is 12.1. The third kappa shape index (κ3) is 3.20. The van der Waals surface area contributed by atoms with E-state index in [1.807, 2.05) is 31.1 Å². The molecular weight excluding hydrogens is 204 g/mol. The van der Waals surface area contributed by atoms with E-state index in [1.165, 1.54) is 0 Å². The summed E-state index contributed by atoms with van der Waals surface area (Å²) in [5.41, 5.74) is 7.40. The molecule has 0 saturated carbocycles. The number of hydrogen-bond donors (Lipinski definition) is 3. The molecule has 0 amide bonds. The first-order valence-electron chi connectivity index (χ1n) is 5.36. The van der Waals surface area contributed by atoms with E-state index < -0.39 is 0 Å². The lowest BCUT2D eigenvalue weighted by atomic mass is 9.97. The van der Waals surface area contributed by atoms with Gasteiger partial charge in [-0.3, -0.25) is 0 Å². The van der Waals surface area contributed by atoms with Gasteiger partial charge in [0.05, 0.1) is 6.61 Å². The minimum atomic E-state index is -0.0542. The van der Waals surface area contributed by atoms with Crippen LogP contribution in [-0.2, 0) is 6.54 Å². The first-order chi connectivity index (χ1) is 7.58. The molecule has 0 bridgehead atoms. The van der Waals surface area contributed by atoms with Crippen molar-refractivity contribution in [1.82, 2.24) is 4.90 Å². The quantitative estimate of drug-likeness (QED) is 0.680. The molecule has 0 heterocycles. The molecule has 16 heavy (non-hydrogen) atoms. The highest BCUT2D eigenvalue weighted by Gasteiger charge is 2.11. The number of nitrogens with zero attached hydrogens (tertiary/aromatic N) is 1. The van der Waals surface area contributed by atoms with Crippen LogP contribution in [0.2, 0.25) is 0 Å². The number of nitrogens with two attached hydrogens (primary N) is 1. The molecule has 0 fully saturated rings. The van der Waals surface area contributed by atoms with E-state index >= 15 is 0 Å². The average molecular weight is 224 g/mol. The summed E-state index contributed by atoms with van der Waals surface area (Å²) in [5.74, 6) is 0.229. The summed E-state index contributed by atoms with van der Waals surface area (Å²) in [6, 6.07) is 5.37. The molecule has 4 nitrogen and oxygen atoms in total. The third-order valence-electron chi connectivity index (χ3n) is 2.57.